The lowest BCUT2D eigenvalue weighted by Gasteiger charge is -2.23. The van der Waals surface area contributed by atoms with Crippen LogP contribution in [0, 0.1) is 0 Å². The lowest BCUT2D eigenvalue weighted by molar-refractivity contribution is 0.0937. The molecule has 2 aromatic carbocycles. The highest BCUT2D eigenvalue weighted by atomic mass is 32.1. The van der Waals surface area contributed by atoms with Gasteiger partial charge in [-0.1, -0.05) is 42.5 Å². The third-order valence-electron chi connectivity index (χ3n) is 4.97. The third-order valence-corrected chi connectivity index (χ3v) is 5.95. The number of thiophene rings is 1. The number of amides is 1. The fraction of sp³-hybridized carbons (Fsp3) is 0.174. The average molecular weight is 419 g/mol. The van der Waals surface area contributed by atoms with Gasteiger partial charge in [0.25, 0.3) is 11.5 Å². The van der Waals surface area contributed by atoms with Gasteiger partial charge in [0.2, 0.25) is 0 Å². The van der Waals surface area contributed by atoms with E-state index in [-0.39, 0.29) is 23.2 Å². The number of para-hydroxylation sites is 1. The first-order valence-corrected chi connectivity index (χ1v) is 10.5. The van der Waals surface area contributed by atoms with Crippen LogP contribution in [0.25, 0.3) is 16.5 Å². The molecule has 0 aliphatic heterocycles. The van der Waals surface area contributed by atoms with Crippen LogP contribution >= 0.6 is 11.3 Å². The molecule has 6 nitrogen and oxygen atoms in total. The van der Waals surface area contributed by atoms with E-state index in [1.54, 1.807) is 47.7 Å². The van der Waals surface area contributed by atoms with Crippen LogP contribution in [-0.4, -0.2) is 41.2 Å². The van der Waals surface area contributed by atoms with Gasteiger partial charge in [0.05, 0.1) is 17.1 Å². The van der Waals surface area contributed by atoms with E-state index in [9.17, 15) is 9.59 Å². The van der Waals surface area contributed by atoms with Gasteiger partial charge in [-0.3, -0.25) is 9.59 Å². The number of fused-ring (bicyclic) bond motifs is 1. The molecule has 1 N–H and O–H groups in total. The fourth-order valence-electron chi connectivity index (χ4n) is 3.39. The number of benzene rings is 2. The summed E-state index contributed by atoms with van der Waals surface area (Å²) in [5.41, 5.74) is 0.600. The van der Waals surface area contributed by atoms with E-state index >= 15 is 0 Å². The monoisotopic (exact) mass is 418 g/mol. The van der Waals surface area contributed by atoms with Crippen LogP contribution in [0.2, 0.25) is 0 Å². The summed E-state index contributed by atoms with van der Waals surface area (Å²) in [6, 6.07) is 20.3. The molecule has 1 amide bonds. The maximum absolute atomic E-state index is 13.1. The van der Waals surface area contributed by atoms with Crippen LogP contribution in [0.1, 0.15) is 21.4 Å². The van der Waals surface area contributed by atoms with Gasteiger partial charge in [-0.25, -0.2) is 0 Å². The second-order valence-electron chi connectivity index (χ2n) is 7.15. The van der Waals surface area contributed by atoms with Gasteiger partial charge in [0.1, 0.15) is 0 Å². The molecule has 152 valence electrons. The molecule has 0 saturated carbocycles. The van der Waals surface area contributed by atoms with E-state index in [0.717, 1.165) is 0 Å². The maximum atomic E-state index is 13.1. The Bertz CT molecular complexity index is 1220. The topological polar surface area (TPSA) is 67.2 Å². The maximum Gasteiger partial charge on any atom is 0.279 e. The first-order chi connectivity index (χ1) is 14.6. The van der Waals surface area contributed by atoms with E-state index in [1.807, 2.05) is 43.7 Å². The minimum absolute atomic E-state index is 0.0558. The molecule has 2 heterocycles. The minimum atomic E-state index is -0.306. The van der Waals surface area contributed by atoms with E-state index in [4.69, 9.17) is 0 Å². The van der Waals surface area contributed by atoms with Gasteiger partial charge in [0, 0.05) is 16.8 Å². The van der Waals surface area contributed by atoms with Crippen LogP contribution in [0.3, 0.4) is 0 Å². The van der Waals surface area contributed by atoms with E-state index in [2.05, 4.69) is 21.4 Å². The van der Waals surface area contributed by atoms with Gasteiger partial charge in [-0.15, -0.1) is 11.3 Å². The van der Waals surface area contributed by atoms with Crippen molar-refractivity contribution in [2.75, 3.05) is 20.6 Å². The summed E-state index contributed by atoms with van der Waals surface area (Å²) in [7, 11) is 3.97. The summed E-state index contributed by atoms with van der Waals surface area (Å²) in [6.45, 7) is 0.437. The van der Waals surface area contributed by atoms with Crippen molar-refractivity contribution in [3.63, 3.8) is 0 Å². The number of likely N-dealkylation sites (N-methyl/N-ethyl adjacent to an activating group) is 1. The van der Waals surface area contributed by atoms with Crippen molar-refractivity contribution in [1.82, 2.24) is 20.0 Å². The summed E-state index contributed by atoms with van der Waals surface area (Å²) in [5, 5.41) is 10.5. The Labute approximate surface area is 178 Å². The quantitative estimate of drug-likeness (QED) is 0.521. The van der Waals surface area contributed by atoms with Crippen molar-refractivity contribution in [3.05, 3.63) is 93.0 Å². The molecule has 2 aromatic heterocycles. The third kappa shape index (κ3) is 3.90. The van der Waals surface area contributed by atoms with Crippen molar-refractivity contribution >= 4 is 28.0 Å². The Hall–Kier alpha value is -3.29. The van der Waals surface area contributed by atoms with Crippen molar-refractivity contribution in [2.45, 2.75) is 6.04 Å². The predicted molar refractivity (Wildman–Crippen MR) is 120 cm³/mol. The largest absolute Gasteiger partial charge is 0.349 e. The van der Waals surface area contributed by atoms with Crippen molar-refractivity contribution in [3.8, 4) is 5.69 Å². The summed E-state index contributed by atoms with van der Waals surface area (Å²) in [5.74, 6) is -0.306. The zero-order valence-corrected chi connectivity index (χ0v) is 17.6. The van der Waals surface area contributed by atoms with Crippen LogP contribution in [0.5, 0.6) is 0 Å². The van der Waals surface area contributed by atoms with Crippen LogP contribution in [0.15, 0.2) is 76.9 Å². The first kappa shape index (κ1) is 20.0. The minimum Gasteiger partial charge on any atom is -0.349 e. The number of carbonyl (C=O) groups is 1. The molecule has 1 unspecified atom stereocenters. The van der Waals surface area contributed by atoms with E-state index in [0.29, 0.717) is 23.0 Å². The molecule has 0 radical (unpaired) electrons. The summed E-state index contributed by atoms with van der Waals surface area (Å²) < 4.78 is 1.29. The van der Waals surface area contributed by atoms with Crippen molar-refractivity contribution < 1.29 is 4.79 Å². The summed E-state index contributed by atoms with van der Waals surface area (Å²) >= 11 is 1.66. The highest BCUT2D eigenvalue weighted by molar-refractivity contribution is 7.10. The normalized spacial score (nSPS) is 12.2. The standard InChI is InChI=1S/C23H22N4O2S/c1-26(2)19(20-13-8-14-30-20)15-24-22(28)21-17-11-6-7-12-18(17)23(29)27(25-21)16-9-4-3-5-10-16/h3-14,19H,15H2,1-2H3,(H,24,28). The Balaban J connectivity index is 1.72. The zero-order chi connectivity index (χ0) is 21.1. The molecule has 7 heteroatoms. The van der Waals surface area contributed by atoms with Gasteiger partial charge in [-0.2, -0.15) is 9.78 Å². The van der Waals surface area contributed by atoms with Crippen LogP contribution in [0.4, 0.5) is 0 Å². The molecule has 30 heavy (non-hydrogen) atoms. The predicted octanol–water partition coefficient (Wildman–Crippen LogP) is 3.48. The van der Waals surface area contributed by atoms with Gasteiger partial charge < -0.3 is 10.2 Å². The average Bonchev–Trinajstić information content (AvgIpc) is 3.29. The number of hydrogen-bond donors (Lipinski definition) is 1. The van der Waals surface area contributed by atoms with Crippen LogP contribution in [-0.2, 0) is 0 Å². The smallest absolute Gasteiger partial charge is 0.279 e. The second-order valence-corrected chi connectivity index (χ2v) is 8.13. The molecule has 0 fully saturated rings. The summed E-state index contributed by atoms with van der Waals surface area (Å²) in [6.07, 6.45) is 0. The molecule has 0 saturated heterocycles. The molecule has 0 aliphatic rings. The number of nitrogens with zero attached hydrogens (tertiary/aromatic N) is 3. The Morgan fingerprint density at radius 3 is 2.40 bits per heavy atom. The van der Waals surface area contributed by atoms with Gasteiger partial charge >= 0.3 is 0 Å². The molecule has 1 atom stereocenters. The molecule has 0 bridgehead atoms. The lowest BCUT2D eigenvalue weighted by Crippen LogP contribution is -2.36. The van der Waals surface area contributed by atoms with Gasteiger partial charge in [-0.05, 0) is 43.7 Å². The Morgan fingerprint density at radius 2 is 1.73 bits per heavy atom. The number of carbonyl (C=O) groups excluding carboxylic acids is 1. The lowest BCUT2D eigenvalue weighted by atomic mass is 10.1. The first-order valence-electron chi connectivity index (χ1n) is 9.62. The van der Waals surface area contributed by atoms with E-state index < -0.39 is 0 Å². The molecule has 4 rings (SSSR count). The highest BCUT2D eigenvalue weighted by Crippen LogP contribution is 2.22. The van der Waals surface area contributed by atoms with Crippen molar-refractivity contribution in [2.24, 2.45) is 0 Å². The highest BCUT2D eigenvalue weighted by Gasteiger charge is 2.20. The number of hydrogen-bond acceptors (Lipinski definition) is 5. The van der Waals surface area contributed by atoms with Gasteiger partial charge in [0.15, 0.2) is 5.69 Å². The second kappa shape index (κ2) is 8.61. The van der Waals surface area contributed by atoms with E-state index in [1.165, 1.54) is 9.56 Å². The van der Waals surface area contributed by atoms with Crippen molar-refractivity contribution in [1.29, 1.82) is 0 Å². The molecular weight excluding hydrogens is 396 g/mol. The molecule has 0 spiro atoms. The number of aromatic nitrogens is 2. The zero-order valence-electron chi connectivity index (χ0n) is 16.8. The summed E-state index contributed by atoms with van der Waals surface area (Å²) in [4.78, 5) is 29.4. The van der Waals surface area contributed by atoms with Crippen LogP contribution < -0.4 is 10.9 Å². The number of rotatable bonds is 6. The molecular formula is C23H22N4O2S. The molecule has 4 aromatic rings. The Morgan fingerprint density at radius 1 is 1.03 bits per heavy atom. The SMILES string of the molecule is CN(C)C(CNC(=O)c1nn(-c2ccccc2)c(=O)c2ccccc12)c1cccs1. The number of nitrogens with one attached hydrogen (secondary N) is 1. The Kier molecular flexibility index (Phi) is 5.74. The fourth-order valence-corrected chi connectivity index (χ4v) is 4.32. The molecule has 0 aliphatic carbocycles.